The summed E-state index contributed by atoms with van der Waals surface area (Å²) in [5.74, 6) is 0.919. The molecular formula is C28H24Cl2SiZr-2. The first-order chi connectivity index (χ1) is 14.6. The number of rotatable bonds is 0. The Morgan fingerprint density at radius 3 is 1.44 bits per heavy atom. The molecular weight excluding hydrogens is 527 g/mol. The molecule has 0 saturated heterocycles. The third kappa shape index (κ3) is 6.33. The minimum atomic E-state index is 0. The van der Waals surface area contributed by atoms with E-state index in [9.17, 15) is 0 Å². The third-order valence-corrected chi connectivity index (χ3v) is 5.20. The van der Waals surface area contributed by atoms with Gasteiger partial charge in [-0.1, -0.05) is 36.4 Å². The van der Waals surface area contributed by atoms with Gasteiger partial charge in [0, 0.05) is 0 Å². The third-order valence-electron chi connectivity index (χ3n) is 5.20. The Hall–Kier alpha value is -1.44. The van der Waals surface area contributed by atoms with Crippen molar-refractivity contribution in [2.45, 2.75) is 24.9 Å². The summed E-state index contributed by atoms with van der Waals surface area (Å²) in [6.07, 6.45) is 23.9. The van der Waals surface area contributed by atoms with Gasteiger partial charge in [0.1, 0.15) is 0 Å². The van der Waals surface area contributed by atoms with Crippen LogP contribution < -0.4 is 24.8 Å². The van der Waals surface area contributed by atoms with Gasteiger partial charge in [0.15, 0.2) is 0 Å². The number of fused-ring (bicyclic) bond motifs is 6. The first-order valence-electron chi connectivity index (χ1n) is 10.3. The van der Waals surface area contributed by atoms with Crippen LogP contribution >= 0.6 is 0 Å². The number of allylic oxidation sites excluding steroid dienone is 10. The van der Waals surface area contributed by atoms with E-state index in [0.29, 0.717) is 11.8 Å². The Kier molecular flexibility index (Phi) is 10.6. The average molecular weight is 551 g/mol. The van der Waals surface area contributed by atoms with Gasteiger partial charge in [-0.25, -0.2) is 0 Å². The van der Waals surface area contributed by atoms with E-state index in [2.05, 4.69) is 122 Å². The minimum Gasteiger partial charge on any atom is -1.00 e. The van der Waals surface area contributed by atoms with E-state index in [4.69, 9.17) is 0 Å². The summed E-state index contributed by atoms with van der Waals surface area (Å²) in [6, 6.07) is 16.9. The zero-order valence-corrected chi connectivity index (χ0v) is 23.1. The molecule has 0 fully saturated rings. The van der Waals surface area contributed by atoms with E-state index in [0.717, 1.165) is 0 Å². The van der Waals surface area contributed by atoms with Gasteiger partial charge in [-0.05, 0) is 11.8 Å². The second-order valence-electron chi connectivity index (χ2n) is 7.78. The van der Waals surface area contributed by atoms with Crippen molar-refractivity contribution in [2.24, 2.45) is 0 Å². The summed E-state index contributed by atoms with van der Waals surface area (Å²) in [4.78, 5) is 0. The quantitative estimate of drug-likeness (QED) is 0.336. The van der Waals surface area contributed by atoms with Crippen molar-refractivity contribution in [3.05, 3.63) is 143 Å². The fourth-order valence-electron chi connectivity index (χ4n) is 3.94. The Bertz CT molecular complexity index is 1060. The number of hydrogen-bond donors (Lipinski definition) is 0. The van der Waals surface area contributed by atoms with E-state index in [1.807, 2.05) is 0 Å². The van der Waals surface area contributed by atoms with Crippen LogP contribution in [0.3, 0.4) is 0 Å². The average Bonchev–Trinajstić information content (AvgIpc) is 3.32. The van der Waals surface area contributed by atoms with E-state index < -0.39 is 0 Å². The number of halogens is 2. The molecule has 4 aliphatic rings. The molecule has 0 nitrogen and oxygen atoms in total. The van der Waals surface area contributed by atoms with Gasteiger partial charge in [-0.15, -0.1) is 106 Å². The second-order valence-corrected chi connectivity index (χ2v) is 17.2. The predicted molar refractivity (Wildman–Crippen MR) is 124 cm³/mol. The summed E-state index contributed by atoms with van der Waals surface area (Å²) in [7, 11) is 0. The summed E-state index contributed by atoms with van der Waals surface area (Å²) < 4.78 is 0. The smallest absolute Gasteiger partial charge is 0.0235 e. The van der Waals surface area contributed by atoms with Crippen molar-refractivity contribution < 1.29 is 48.1 Å². The van der Waals surface area contributed by atoms with E-state index in [1.165, 1.54) is 33.4 Å². The van der Waals surface area contributed by atoms with Gasteiger partial charge in [-0.3, -0.25) is 0 Å². The van der Waals surface area contributed by atoms with Crippen LogP contribution in [-0.4, -0.2) is 5.43 Å². The van der Waals surface area contributed by atoms with Gasteiger partial charge in [0.25, 0.3) is 0 Å². The zero-order chi connectivity index (χ0) is 20.9. The predicted octanol–water partition coefficient (Wildman–Crippen LogP) is 0.767. The molecule has 2 unspecified atom stereocenters. The van der Waals surface area contributed by atoms with Crippen LogP contribution in [0.2, 0.25) is 13.1 Å². The fourth-order valence-corrected chi connectivity index (χ4v) is 3.94. The molecule has 4 heteroatoms. The molecule has 0 spiro atoms. The summed E-state index contributed by atoms with van der Waals surface area (Å²) >= 11 is 1.74. The summed E-state index contributed by atoms with van der Waals surface area (Å²) in [5, 5.41) is 0. The molecule has 160 valence electrons. The van der Waals surface area contributed by atoms with Crippen molar-refractivity contribution in [3.8, 4) is 0 Å². The van der Waals surface area contributed by atoms with Crippen LogP contribution in [0, 0.1) is 12.2 Å². The molecule has 2 atom stereocenters. The van der Waals surface area contributed by atoms with E-state index in [1.54, 1.807) is 23.3 Å². The summed E-state index contributed by atoms with van der Waals surface area (Å²) in [5.41, 5.74) is 8.07. The van der Waals surface area contributed by atoms with Gasteiger partial charge in [0.05, 0.1) is 0 Å². The van der Waals surface area contributed by atoms with E-state index in [-0.39, 0.29) is 30.2 Å². The van der Waals surface area contributed by atoms with Crippen LogP contribution in [0.25, 0.3) is 0 Å². The monoisotopic (exact) mass is 548 g/mol. The SMILES string of the molecule is C[Si](C)=[Zr+2].[C-]1=C2C=CC=CC2c2ccccc21.[C-]1=C2C=CC=CC2c2ccccc21.[Cl-].[Cl-]. The Morgan fingerprint density at radius 1 is 0.656 bits per heavy atom. The van der Waals surface area contributed by atoms with Crippen LogP contribution in [0.1, 0.15) is 34.1 Å². The molecule has 4 aliphatic carbocycles. The van der Waals surface area contributed by atoms with Crippen molar-refractivity contribution in [2.75, 3.05) is 0 Å². The molecule has 6 rings (SSSR count). The molecule has 2 aromatic rings. The maximum Gasteiger partial charge on any atom is -0.0235 e. The van der Waals surface area contributed by atoms with Gasteiger partial charge in [0.2, 0.25) is 0 Å². The van der Waals surface area contributed by atoms with Gasteiger partial charge in [-0.2, -0.15) is 0 Å². The van der Waals surface area contributed by atoms with Crippen LogP contribution in [0.4, 0.5) is 0 Å². The molecule has 0 aliphatic heterocycles. The topological polar surface area (TPSA) is 0 Å². The molecule has 0 radical (unpaired) electrons. The van der Waals surface area contributed by atoms with Crippen LogP contribution in [0.5, 0.6) is 0 Å². The second kappa shape index (κ2) is 12.7. The Morgan fingerprint density at radius 2 is 1.03 bits per heavy atom. The van der Waals surface area contributed by atoms with Crippen LogP contribution in [-0.2, 0) is 23.3 Å². The first kappa shape index (κ1) is 26.8. The molecule has 2 aromatic carbocycles. The summed E-state index contributed by atoms with van der Waals surface area (Å²) in [6.45, 7) is 4.62. The molecule has 0 aromatic heterocycles. The molecule has 0 heterocycles. The zero-order valence-electron chi connectivity index (χ0n) is 18.1. The maximum atomic E-state index is 3.42. The van der Waals surface area contributed by atoms with Gasteiger partial charge < -0.3 is 24.8 Å². The Labute approximate surface area is 219 Å². The van der Waals surface area contributed by atoms with E-state index >= 15 is 0 Å². The number of hydrogen-bond acceptors (Lipinski definition) is 0. The van der Waals surface area contributed by atoms with Crippen LogP contribution in [0.15, 0.2) is 108 Å². The van der Waals surface area contributed by atoms with Crippen molar-refractivity contribution in [1.29, 1.82) is 0 Å². The molecule has 0 saturated carbocycles. The van der Waals surface area contributed by atoms with Crippen molar-refractivity contribution in [1.82, 2.24) is 0 Å². The first-order valence-corrected chi connectivity index (χ1v) is 16.5. The largest absolute Gasteiger partial charge is 1.00 e. The molecule has 0 bridgehead atoms. The van der Waals surface area contributed by atoms with Gasteiger partial charge >= 0.3 is 41.9 Å². The Balaban J connectivity index is 0.000000185. The number of benzene rings is 2. The van der Waals surface area contributed by atoms with Crippen molar-refractivity contribution >= 4 is 5.43 Å². The maximum absolute atomic E-state index is 3.42. The molecule has 0 amide bonds. The standard InChI is InChI=1S/2C13H9.C2H6Si.2ClH.Zr/c2*1-3-7-12-10(5-1)9-11-6-2-4-8-13(11)12;1-3-2;;;/h2*1-8,12H;1-2H3;2*1H;/q2*-1;;;;+2/p-2. The minimum absolute atomic E-state index is 0. The molecule has 32 heavy (non-hydrogen) atoms. The normalized spacial score (nSPS) is 19.1. The van der Waals surface area contributed by atoms with Crippen molar-refractivity contribution in [3.63, 3.8) is 0 Å². The molecule has 0 N–H and O–H groups in total. The fraction of sp³-hybridized carbons (Fsp3) is 0.143.